The van der Waals surface area contributed by atoms with Gasteiger partial charge in [-0.05, 0) is 17.7 Å². The minimum atomic E-state index is -0.548. The van der Waals surface area contributed by atoms with Gasteiger partial charge in [0.05, 0.1) is 11.4 Å². The summed E-state index contributed by atoms with van der Waals surface area (Å²) in [4.78, 5) is 12.0. The van der Waals surface area contributed by atoms with Gasteiger partial charge in [0.2, 0.25) is 0 Å². The summed E-state index contributed by atoms with van der Waals surface area (Å²) < 4.78 is 15.2. The fourth-order valence-corrected chi connectivity index (χ4v) is 2.24. The van der Waals surface area contributed by atoms with Gasteiger partial charge in [-0.3, -0.25) is 10.00 Å². The second kappa shape index (κ2) is 6.31. The summed E-state index contributed by atoms with van der Waals surface area (Å²) >= 11 is 0. The summed E-state index contributed by atoms with van der Waals surface area (Å²) in [5.74, 6) is -0.103. The van der Waals surface area contributed by atoms with Gasteiger partial charge in [0, 0.05) is 13.1 Å². The van der Waals surface area contributed by atoms with Gasteiger partial charge in [0.15, 0.2) is 5.82 Å². The Kier molecular flexibility index (Phi) is 4.05. The first-order valence-electron chi connectivity index (χ1n) is 7.05. The third kappa shape index (κ3) is 3.37. The zero-order valence-electron chi connectivity index (χ0n) is 12.5. The Labute approximate surface area is 132 Å². The largest absolute Gasteiger partial charge is 0.324 e. The van der Waals surface area contributed by atoms with Crippen LogP contribution in [0.15, 0.2) is 60.7 Å². The molecule has 0 saturated carbocycles. The number of amides is 2. The first kappa shape index (κ1) is 14.8. The highest BCUT2D eigenvalue weighted by Crippen LogP contribution is 2.21. The van der Waals surface area contributed by atoms with E-state index in [-0.39, 0.29) is 5.69 Å². The van der Waals surface area contributed by atoms with Crippen molar-refractivity contribution in [1.29, 1.82) is 0 Å². The summed E-state index contributed by atoms with van der Waals surface area (Å²) in [6.45, 7) is 0. The number of rotatable bonds is 3. The maximum atomic E-state index is 13.5. The van der Waals surface area contributed by atoms with E-state index in [1.165, 1.54) is 12.1 Å². The van der Waals surface area contributed by atoms with E-state index in [2.05, 4.69) is 15.7 Å². The number of anilines is 2. The van der Waals surface area contributed by atoms with Crippen LogP contribution in [-0.2, 0) is 7.05 Å². The van der Waals surface area contributed by atoms with Gasteiger partial charge in [-0.2, -0.15) is 5.10 Å². The molecule has 5 nitrogen and oxygen atoms in total. The molecule has 0 aliphatic heterocycles. The number of nitrogens with one attached hydrogen (secondary N) is 2. The van der Waals surface area contributed by atoms with E-state index in [0.29, 0.717) is 5.82 Å². The number of para-hydroxylation sites is 1. The summed E-state index contributed by atoms with van der Waals surface area (Å²) in [5, 5.41) is 9.29. The molecule has 2 N–H and O–H groups in total. The fourth-order valence-electron chi connectivity index (χ4n) is 2.24. The standard InChI is InChI=1S/C17H15FN4O/c1-22-15(12-7-3-2-4-8-12)11-16(21-22)20-17(23)19-14-10-6-5-9-13(14)18/h2-11H,1H3,(H2,19,20,21,23). The van der Waals surface area contributed by atoms with Gasteiger partial charge in [0.25, 0.3) is 0 Å². The van der Waals surface area contributed by atoms with Crippen LogP contribution >= 0.6 is 0 Å². The number of carbonyl (C=O) groups excluding carboxylic acids is 1. The smallest absolute Gasteiger partial charge is 0.305 e. The number of aryl methyl sites for hydroxylation is 1. The van der Waals surface area contributed by atoms with Crippen LogP contribution in [0.3, 0.4) is 0 Å². The van der Waals surface area contributed by atoms with Crippen LogP contribution in [0.4, 0.5) is 20.7 Å². The lowest BCUT2D eigenvalue weighted by molar-refractivity contribution is 0.262. The van der Waals surface area contributed by atoms with Gasteiger partial charge in [-0.15, -0.1) is 0 Å². The lowest BCUT2D eigenvalue weighted by Gasteiger charge is -2.05. The third-order valence-electron chi connectivity index (χ3n) is 3.31. The van der Waals surface area contributed by atoms with Crippen molar-refractivity contribution in [2.45, 2.75) is 0 Å². The van der Waals surface area contributed by atoms with Crippen LogP contribution in [0.25, 0.3) is 11.3 Å². The highest BCUT2D eigenvalue weighted by molar-refractivity contribution is 5.99. The number of urea groups is 1. The van der Waals surface area contributed by atoms with E-state index < -0.39 is 11.8 Å². The Morgan fingerprint density at radius 3 is 2.48 bits per heavy atom. The Morgan fingerprint density at radius 1 is 1.04 bits per heavy atom. The third-order valence-corrected chi connectivity index (χ3v) is 3.31. The Morgan fingerprint density at radius 2 is 1.74 bits per heavy atom. The van der Waals surface area contributed by atoms with Gasteiger partial charge >= 0.3 is 6.03 Å². The molecule has 0 saturated heterocycles. The van der Waals surface area contributed by atoms with Crippen molar-refractivity contribution < 1.29 is 9.18 Å². The van der Waals surface area contributed by atoms with Crippen molar-refractivity contribution in [2.24, 2.45) is 7.05 Å². The monoisotopic (exact) mass is 310 g/mol. The lowest BCUT2D eigenvalue weighted by atomic mass is 10.1. The van der Waals surface area contributed by atoms with Crippen LogP contribution in [0.1, 0.15) is 0 Å². The van der Waals surface area contributed by atoms with Gasteiger partial charge in [-0.25, -0.2) is 9.18 Å². The molecule has 0 radical (unpaired) electrons. The minimum Gasteiger partial charge on any atom is -0.305 e. The van der Waals surface area contributed by atoms with Crippen LogP contribution in [-0.4, -0.2) is 15.8 Å². The predicted octanol–water partition coefficient (Wildman–Crippen LogP) is 3.87. The Bertz CT molecular complexity index is 830. The molecule has 0 aliphatic carbocycles. The maximum absolute atomic E-state index is 13.5. The van der Waals surface area contributed by atoms with Crippen LogP contribution < -0.4 is 10.6 Å². The van der Waals surface area contributed by atoms with Crippen LogP contribution in [0, 0.1) is 5.82 Å². The molecule has 1 aromatic heterocycles. The number of halogens is 1. The summed E-state index contributed by atoms with van der Waals surface area (Å²) in [5.41, 5.74) is 1.97. The van der Waals surface area contributed by atoms with Crippen molar-refractivity contribution in [3.63, 3.8) is 0 Å². The average molecular weight is 310 g/mol. The normalized spacial score (nSPS) is 10.3. The van der Waals surface area contributed by atoms with E-state index in [1.54, 1.807) is 29.9 Å². The molecule has 0 atom stereocenters. The number of carbonyl (C=O) groups is 1. The molecule has 2 aromatic carbocycles. The van der Waals surface area contributed by atoms with Crippen molar-refractivity contribution in [3.8, 4) is 11.3 Å². The average Bonchev–Trinajstić information content (AvgIpc) is 2.91. The van der Waals surface area contributed by atoms with Crippen molar-refractivity contribution in [2.75, 3.05) is 10.6 Å². The molecule has 1 heterocycles. The van der Waals surface area contributed by atoms with Crippen molar-refractivity contribution in [1.82, 2.24) is 9.78 Å². The number of hydrogen-bond donors (Lipinski definition) is 2. The number of aromatic nitrogens is 2. The van der Waals surface area contributed by atoms with Crippen molar-refractivity contribution in [3.05, 3.63) is 66.5 Å². The summed E-state index contributed by atoms with van der Waals surface area (Å²) in [6, 6.07) is 16.9. The topological polar surface area (TPSA) is 59.0 Å². The molecular formula is C17H15FN4O. The van der Waals surface area contributed by atoms with Crippen LogP contribution in [0.5, 0.6) is 0 Å². The van der Waals surface area contributed by atoms with Gasteiger partial charge < -0.3 is 5.32 Å². The molecule has 0 unspecified atom stereocenters. The second-order valence-electron chi connectivity index (χ2n) is 4.96. The zero-order chi connectivity index (χ0) is 16.2. The Balaban J connectivity index is 1.74. The molecule has 2 amide bonds. The van der Waals surface area contributed by atoms with E-state index in [4.69, 9.17) is 0 Å². The second-order valence-corrected chi connectivity index (χ2v) is 4.96. The highest BCUT2D eigenvalue weighted by Gasteiger charge is 2.11. The number of nitrogens with zero attached hydrogens (tertiary/aromatic N) is 2. The number of benzene rings is 2. The fraction of sp³-hybridized carbons (Fsp3) is 0.0588. The van der Waals surface area contributed by atoms with E-state index in [1.807, 2.05) is 30.3 Å². The molecule has 0 spiro atoms. The molecule has 0 fully saturated rings. The molecule has 116 valence electrons. The van der Waals surface area contributed by atoms with E-state index >= 15 is 0 Å². The molecule has 0 bridgehead atoms. The molecule has 6 heteroatoms. The molecule has 3 aromatic rings. The van der Waals surface area contributed by atoms with E-state index in [9.17, 15) is 9.18 Å². The van der Waals surface area contributed by atoms with Crippen LogP contribution in [0.2, 0.25) is 0 Å². The molecule has 3 rings (SSSR count). The lowest BCUT2D eigenvalue weighted by Crippen LogP contribution is -2.20. The first-order chi connectivity index (χ1) is 11.1. The highest BCUT2D eigenvalue weighted by atomic mass is 19.1. The molecular weight excluding hydrogens is 295 g/mol. The quantitative estimate of drug-likeness (QED) is 0.771. The Hall–Kier alpha value is -3.15. The molecule has 0 aliphatic rings. The van der Waals surface area contributed by atoms with Crippen molar-refractivity contribution >= 4 is 17.5 Å². The predicted molar refractivity (Wildman–Crippen MR) is 87.7 cm³/mol. The van der Waals surface area contributed by atoms with Gasteiger partial charge in [0.1, 0.15) is 5.82 Å². The zero-order valence-corrected chi connectivity index (χ0v) is 12.5. The first-order valence-corrected chi connectivity index (χ1v) is 7.05. The summed E-state index contributed by atoms with van der Waals surface area (Å²) in [6.07, 6.45) is 0. The maximum Gasteiger partial charge on any atom is 0.324 e. The van der Waals surface area contributed by atoms with E-state index in [0.717, 1.165) is 11.3 Å². The SMILES string of the molecule is Cn1nc(NC(=O)Nc2ccccc2F)cc1-c1ccccc1. The summed E-state index contributed by atoms with van der Waals surface area (Å²) in [7, 11) is 1.79. The molecule has 23 heavy (non-hydrogen) atoms. The van der Waals surface area contributed by atoms with Gasteiger partial charge in [-0.1, -0.05) is 42.5 Å². The number of hydrogen-bond acceptors (Lipinski definition) is 2. The minimum absolute atomic E-state index is 0.115.